The Labute approximate surface area is 126 Å². The molecule has 0 aliphatic heterocycles. The lowest BCUT2D eigenvalue weighted by Crippen LogP contribution is -2.39. The van der Waals surface area contributed by atoms with E-state index in [0.29, 0.717) is 30.9 Å². The smallest absolute Gasteiger partial charge is 0.244 e. The molecule has 2 N–H and O–H groups in total. The second kappa shape index (κ2) is 7.61. The minimum atomic E-state index is -0.401. The Kier molecular flexibility index (Phi) is 6.13. The molecule has 0 aromatic carbocycles. The second-order valence-corrected chi connectivity index (χ2v) is 4.93. The number of anilines is 3. The summed E-state index contributed by atoms with van der Waals surface area (Å²) in [6.07, 6.45) is 0. The van der Waals surface area contributed by atoms with Crippen LogP contribution >= 0.6 is 0 Å². The molecule has 0 aliphatic rings. The summed E-state index contributed by atoms with van der Waals surface area (Å²) < 4.78 is 0. The number of rotatable bonds is 7. The van der Waals surface area contributed by atoms with Crippen molar-refractivity contribution in [2.75, 3.05) is 49.8 Å². The fourth-order valence-electron chi connectivity index (χ4n) is 1.61. The molecule has 8 nitrogen and oxygen atoms in total. The third-order valence-corrected chi connectivity index (χ3v) is 2.93. The minimum absolute atomic E-state index is 0.00526. The normalized spacial score (nSPS) is 11.7. The van der Waals surface area contributed by atoms with Gasteiger partial charge in [0.1, 0.15) is 6.04 Å². The maximum Gasteiger partial charge on any atom is 0.244 e. The van der Waals surface area contributed by atoms with Crippen molar-refractivity contribution in [3.63, 3.8) is 0 Å². The van der Waals surface area contributed by atoms with Gasteiger partial charge >= 0.3 is 0 Å². The zero-order valence-electron chi connectivity index (χ0n) is 13.6. The van der Waals surface area contributed by atoms with Crippen molar-refractivity contribution < 1.29 is 4.79 Å². The molecule has 0 saturated heterocycles. The van der Waals surface area contributed by atoms with Gasteiger partial charge in [-0.25, -0.2) is 0 Å². The minimum Gasteiger partial charge on any atom is -0.354 e. The number of amides is 1. The molecule has 1 aromatic rings. The van der Waals surface area contributed by atoms with Crippen molar-refractivity contribution >= 4 is 23.8 Å². The highest BCUT2D eigenvalue weighted by Crippen LogP contribution is 2.12. The Balaban J connectivity index is 2.93. The van der Waals surface area contributed by atoms with E-state index in [0.717, 1.165) is 0 Å². The fraction of sp³-hybridized carbons (Fsp3) is 0.692. The Morgan fingerprint density at radius 2 is 1.76 bits per heavy atom. The zero-order chi connectivity index (χ0) is 16.0. The van der Waals surface area contributed by atoms with Crippen LogP contribution in [0.1, 0.15) is 20.8 Å². The zero-order valence-corrected chi connectivity index (χ0v) is 13.6. The lowest BCUT2D eigenvalue weighted by atomic mass is 10.3. The van der Waals surface area contributed by atoms with Crippen molar-refractivity contribution in [2.45, 2.75) is 26.8 Å². The molecule has 8 heteroatoms. The first-order valence-electron chi connectivity index (χ1n) is 7.07. The van der Waals surface area contributed by atoms with Crippen LogP contribution in [0.2, 0.25) is 0 Å². The third-order valence-electron chi connectivity index (χ3n) is 2.93. The van der Waals surface area contributed by atoms with Crippen molar-refractivity contribution in [3.8, 4) is 0 Å². The lowest BCUT2D eigenvalue weighted by molar-refractivity contribution is -0.130. The van der Waals surface area contributed by atoms with E-state index in [-0.39, 0.29) is 5.91 Å². The van der Waals surface area contributed by atoms with Crippen molar-refractivity contribution in [1.29, 1.82) is 0 Å². The topological polar surface area (TPSA) is 86.3 Å². The maximum absolute atomic E-state index is 12.1. The van der Waals surface area contributed by atoms with E-state index in [4.69, 9.17) is 0 Å². The van der Waals surface area contributed by atoms with E-state index in [9.17, 15) is 4.79 Å². The van der Waals surface area contributed by atoms with Gasteiger partial charge in [0.25, 0.3) is 0 Å². The molecule has 1 unspecified atom stereocenters. The van der Waals surface area contributed by atoms with Crippen molar-refractivity contribution in [1.82, 2.24) is 19.9 Å². The van der Waals surface area contributed by atoms with E-state index in [1.807, 2.05) is 27.9 Å². The summed E-state index contributed by atoms with van der Waals surface area (Å²) in [5.74, 6) is 1.40. The maximum atomic E-state index is 12.1. The summed E-state index contributed by atoms with van der Waals surface area (Å²) in [6, 6.07) is -0.401. The van der Waals surface area contributed by atoms with Crippen LogP contribution in [0.5, 0.6) is 0 Å². The molecule has 1 amide bonds. The molecule has 0 spiro atoms. The highest BCUT2D eigenvalue weighted by molar-refractivity contribution is 5.83. The van der Waals surface area contributed by atoms with E-state index >= 15 is 0 Å². The van der Waals surface area contributed by atoms with Crippen LogP contribution in [-0.4, -0.2) is 66.0 Å². The van der Waals surface area contributed by atoms with E-state index in [2.05, 4.69) is 25.6 Å². The highest BCUT2D eigenvalue weighted by Gasteiger charge is 2.18. The Bertz CT molecular complexity index is 478. The van der Waals surface area contributed by atoms with Gasteiger partial charge in [0, 0.05) is 34.2 Å². The van der Waals surface area contributed by atoms with Crippen LogP contribution in [-0.2, 0) is 4.79 Å². The summed E-state index contributed by atoms with van der Waals surface area (Å²) in [7, 11) is 5.48. The van der Waals surface area contributed by atoms with Gasteiger partial charge < -0.3 is 20.4 Å². The molecule has 0 radical (unpaired) electrons. The van der Waals surface area contributed by atoms with Gasteiger partial charge in [-0.3, -0.25) is 4.79 Å². The number of hydrogen-bond acceptors (Lipinski definition) is 7. The number of carbonyl (C=O) groups excluding carboxylic acids is 1. The standard InChI is InChI=1S/C13H25N7O/c1-7-14-11-16-12(18-13(17-11)19(4)5)15-9(3)10(21)20(6)8-2/h9H,7-8H2,1-6H3,(H2,14,15,16,17,18). The number of likely N-dealkylation sites (N-methyl/N-ethyl adjacent to an activating group) is 1. The van der Waals surface area contributed by atoms with E-state index in [1.54, 1.807) is 23.8 Å². The van der Waals surface area contributed by atoms with Crippen molar-refractivity contribution in [2.24, 2.45) is 0 Å². The van der Waals surface area contributed by atoms with Crippen LogP contribution in [0.15, 0.2) is 0 Å². The molecular formula is C13H25N7O. The molecule has 0 fully saturated rings. The summed E-state index contributed by atoms with van der Waals surface area (Å²) in [5, 5.41) is 6.09. The van der Waals surface area contributed by atoms with Gasteiger partial charge in [0.05, 0.1) is 0 Å². The predicted molar refractivity (Wildman–Crippen MR) is 84.7 cm³/mol. The van der Waals surface area contributed by atoms with Gasteiger partial charge in [0.2, 0.25) is 23.8 Å². The van der Waals surface area contributed by atoms with Gasteiger partial charge in [-0.2, -0.15) is 15.0 Å². The summed E-state index contributed by atoms with van der Waals surface area (Å²) >= 11 is 0. The second-order valence-electron chi connectivity index (χ2n) is 4.93. The molecule has 0 aliphatic carbocycles. The van der Waals surface area contributed by atoms with Crippen LogP contribution in [0.25, 0.3) is 0 Å². The first kappa shape index (κ1) is 16.9. The molecule has 1 atom stereocenters. The Morgan fingerprint density at radius 1 is 1.14 bits per heavy atom. The van der Waals surface area contributed by atoms with Crippen LogP contribution in [0.4, 0.5) is 17.8 Å². The highest BCUT2D eigenvalue weighted by atomic mass is 16.2. The number of nitrogens with one attached hydrogen (secondary N) is 2. The average molecular weight is 295 g/mol. The SMILES string of the molecule is CCNc1nc(NC(C)C(=O)N(C)CC)nc(N(C)C)n1. The molecule has 1 rings (SSSR count). The molecule has 1 aromatic heterocycles. The number of carbonyl (C=O) groups is 1. The Morgan fingerprint density at radius 3 is 2.29 bits per heavy atom. The summed E-state index contributed by atoms with van der Waals surface area (Å²) in [6.45, 7) is 7.06. The molecular weight excluding hydrogens is 270 g/mol. The largest absolute Gasteiger partial charge is 0.354 e. The average Bonchev–Trinajstić information content (AvgIpc) is 2.45. The molecule has 118 valence electrons. The number of aromatic nitrogens is 3. The van der Waals surface area contributed by atoms with Gasteiger partial charge in [-0.15, -0.1) is 0 Å². The third kappa shape index (κ3) is 4.73. The molecule has 0 bridgehead atoms. The Hall–Kier alpha value is -2.12. The van der Waals surface area contributed by atoms with Crippen molar-refractivity contribution in [3.05, 3.63) is 0 Å². The van der Waals surface area contributed by atoms with Crippen LogP contribution in [0, 0.1) is 0 Å². The van der Waals surface area contributed by atoms with E-state index < -0.39 is 6.04 Å². The van der Waals surface area contributed by atoms with Gasteiger partial charge in [0.15, 0.2) is 0 Å². The van der Waals surface area contributed by atoms with Gasteiger partial charge in [-0.1, -0.05) is 0 Å². The molecule has 21 heavy (non-hydrogen) atoms. The van der Waals surface area contributed by atoms with Gasteiger partial charge in [-0.05, 0) is 20.8 Å². The number of nitrogens with zero attached hydrogens (tertiary/aromatic N) is 5. The van der Waals surface area contributed by atoms with Crippen LogP contribution in [0.3, 0.4) is 0 Å². The monoisotopic (exact) mass is 295 g/mol. The fourth-order valence-corrected chi connectivity index (χ4v) is 1.61. The molecule has 0 saturated carbocycles. The summed E-state index contributed by atoms with van der Waals surface area (Å²) in [5.41, 5.74) is 0. The summed E-state index contributed by atoms with van der Waals surface area (Å²) in [4.78, 5) is 28.4. The quantitative estimate of drug-likeness (QED) is 0.763. The molecule has 1 heterocycles. The van der Waals surface area contributed by atoms with E-state index in [1.165, 1.54) is 0 Å². The first-order chi connectivity index (χ1) is 9.88. The number of hydrogen-bond donors (Lipinski definition) is 2. The first-order valence-corrected chi connectivity index (χ1v) is 7.07. The predicted octanol–water partition coefficient (Wildman–Crippen LogP) is 0.648. The lowest BCUT2D eigenvalue weighted by Gasteiger charge is -2.21. The van der Waals surface area contributed by atoms with Crippen LogP contribution < -0.4 is 15.5 Å².